The molecule has 1 unspecified atom stereocenters. The fourth-order valence-corrected chi connectivity index (χ4v) is 3.49. The van der Waals surface area contributed by atoms with Crippen LogP contribution in [0.2, 0.25) is 0 Å². The molecule has 2 heterocycles. The number of para-hydroxylation sites is 1. The summed E-state index contributed by atoms with van der Waals surface area (Å²) in [5, 5.41) is 13.9. The van der Waals surface area contributed by atoms with Gasteiger partial charge >= 0.3 is 0 Å². The van der Waals surface area contributed by atoms with E-state index < -0.39 is 0 Å². The molecule has 0 aliphatic carbocycles. The van der Waals surface area contributed by atoms with Crippen LogP contribution in [0.4, 0.5) is 0 Å². The number of carbonyl (C=O) groups excluding carboxylic acids is 1. The maximum absolute atomic E-state index is 11.5. The molecular weight excluding hydrogens is 226 g/mol. The molecule has 1 aromatic carbocycles. The second-order valence-corrected chi connectivity index (χ2v) is 5.61. The second-order valence-electron chi connectivity index (χ2n) is 5.61. The van der Waals surface area contributed by atoms with Crippen molar-refractivity contribution in [3.8, 4) is 5.75 Å². The van der Waals surface area contributed by atoms with E-state index in [1.165, 1.54) is 19.8 Å². The largest absolute Gasteiger partial charge is 0.507 e. The van der Waals surface area contributed by atoms with Crippen LogP contribution in [0.15, 0.2) is 18.2 Å². The van der Waals surface area contributed by atoms with Crippen LogP contribution in [0.1, 0.15) is 54.4 Å². The van der Waals surface area contributed by atoms with Crippen LogP contribution in [-0.2, 0) is 0 Å². The highest BCUT2D eigenvalue weighted by molar-refractivity contribution is 5.97. The predicted octanol–water partition coefficient (Wildman–Crippen LogP) is 2.59. The zero-order valence-electron chi connectivity index (χ0n) is 10.6. The number of aromatic hydroxyl groups is 1. The Morgan fingerprint density at radius 2 is 1.94 bits per heavy atom. The number of ketones is 1. The molecule has 2 aliphatic rings. The molecule has 0 aromatic heterocycles. The predicted molar refractivity (Wildman–Crippen MR) is 70.0 cm³/mol. The fourth-order valence-electron chi connectivity index (χ4n) is 3.49. The van der Waals surface area contributed by atoms with E-state index in [1.54, 1.807) is 6.07 Å². The molecule has 3 rings (SSSR count). The molecule has 96 valence electrons. The highest BCUT2D eigenvalue weighted by atomic mass is 16.3. The molecule has 3 atom stereocenters. The van der Waals surface area contributed by atoms with Crippen molar-refractivity contribution in [3.05, 3.63) is 29.3 Å². The molecular formula is C15H19NO2. The zero-order valence-corrected chi connectivity index (χ0v) is 10.6. The normalized spacial score (nSPS) is 30.4. The van der Waals surface area contributed by atoms with Crippen molar-refractivity contribution in [1.82, 2.24) is 5.32 Å². The summed E-state index contributed by atoms with van der Waals surface area (Å²) >= 11 is 0. The second kappa shape index (κ2) is 4.39. The molecule has 0 amide bonds. The number of phenols is 1. The van der Waals surface area contributed by atoms with Crippen molar-refractivity contribution < 1.29 is 9.90 Å². The van der Waals surface area contributed by atoms with Crippen molar-refractivity contribution in [2.45, 2.75) is 50.6 Å². The van der Waals surface area contributed by atoms with Crippen LogP contribution in [0.25, 0.3) is 0 Å². The van der Waals surface area contributed by atoms with E-state index in [4.69, 9.17) is 0 Å². The Kier molecular flexibility index (Phi) is 2.86. The van der Waals surface area contributed by atoms with Gasteiger partial charge in [0.15, 0.2) is 5.78 Å². The summed E-state index contributed by atoms with van der Waals surface area (Å²) in [4.78, 5) is 11.5. The van der Waals surface area contributed by atoms with Crippen molar-refractivity contribution in [3.63, 3.8) is 0 Å². The molecule has 3 nitrogen and oxygen atoms in total. The van der Waals surface area contributed by atoms with Crippen molar-refractivity contribution in [2.24, 2.45) is 0 Å². The summed E-state index contributed by atoms with van der Waals surface area (Å²) in [6, 6.07) is 6.74. The van der Waals surface area contributed by atoms with Crippen LogP contribution in [-0.4, -0.2) is 23.0 Å². The molecule has 0 saturated carbocycles. The Balaban J connectivity index is 1.92. The van der Waals surface area contributed by atoms with Gasteiger partial charge in [-0.1, -0.05) is 12.1 Å². The van der Waals surface area contributed by atoms with Gasteiger partial charge in [-0.3, -0.25) is 4.79 Å². The number of hydrogen-bond acceptors (Lipinski definition) is 3. The van der Waals surface area contributed by atoms with E-state index in [1.807, 2.05) is 12.1 Å². The number of hydrogen-bond donors (Lipinski definition) is 2. The lowest BCUT2D eigenvalue weighted by atomic mass is 9.84. The Labute approximate surface area is 107 Å². The monoisotopic (exact) mass is 245 g/mol. The van der Waals surface area contributed by atoms with Crippen molar-refractivity contribution >= 4 is 5.78 Å². The Morgan fingerprint density at radius 1 is 1.28 bits per heavy atom. The van der Waals surface area contributed by atoms with Gasteiger partial charge in [-0.25, -0.2) is 0 Å². The van der Waals surface area contributed by atoms with Gasteiger partial charge in [-0.15, -0.1) is 0 Å². The summed E-state index contributed by atoms with van der Waals surface area (Å²) in [6.07, 6.45) is 4.64. The number of rotatable bonds is 2. The van der Waals surface area contributed by atoms with Crippen LogP contribution in [0.3, 0.4) is 0 Å². The molecule has 3 heteroatoms. The number of nitrogens with one attached hydrogen (secondary N) is 1. The molecule has 0 spiro atoms. The maximum Gasteiger partial charge on any atom is 0.163 e. The highest BCUT2D eigenvalue weighted by Gasteiger charge is 2.35. The minimum absolute atomic E-state index is 0.0637. The third-order valence-electron chi connectivity index (χ3n) is 4.36. The van der Waals surface area contributed by atoms with E-state index in [2.05, 4.69) is 5.32 Å². The van der Waals surface area contributed by atoms with Gasteiger partial charge in [-0.2, -0.15) is 0 Å². The number of Topliss-reactive ketones (excluding diaryl/α,β-unsaturated/α-hetero) is 1. The van der Waals surface area contributed by atoms with Crippen LogP contribution in [0, 0.1) is 0 Å². The van der Waals surface area contributed by atoms with Gasteiger partial charge in [0.2, 0.25) is 0 Å². The minimum Gasteiger partial charge on any atom is -0.507 e. The van der Waals surface area contributed by atoms with Crippen molar-refractivity contribution in [1.29, 1.82) is 0 Å². The summed E-state index contributed by atoms with van der Waals surface area (Å²) in [7, 11) is 0. The van der Waals surface area contributed by atoms with E-state index in [-0.39, 0.29) is 11.5 Å². The van der Waals surface area contributed by atoms with E-state index in [0.29, 0.717) is 23.6 Å². The van der Waals surface area contributed by atoms with E-state index in [0.717, 1.165) is 18.4 Å². The minimum atomic E-state index is -0.0637. The summed E-state index contributed by atoms with van der Waals surface area (Å²) in [5.41, 5.74) is 1.42. The number of benzene rings is 1. The number of carbonyl (C=O) groups is 1. The fraction of sp³-hybridized carbons (Fsp3) is 0.533. The smallest absolute Gasteiger partial charge is 0.163 e. The Bertz CT molecular complexity index is 471. The van der Waals surface area contributed by atoms with Gasteiger partial charge in [0.1, 0.15) is 5.75 Å². The molecule has 2 N–H and O–H groups in total. The van der Waals surface area contributed by atoms with Crippen LogP contribution < -0.4 is 5.32 Å². The molecule has 2 saturated heterocycles. The molecule has 0 radical (unpaired) electrons. The number of piperidine rings is 1. The standard InChI is InChI=1S/C15H19NO2/c1-9(17)13-3-2-4-14(15(13)18)10-7-11-5-6-12(8-10)16-11/h2-4,10-12,16,18H,5-8H2,1H3/t10?,11-,12+. The Morgan fingerprint density at radius 3 is 2.56 bits per heavy atom. The van der Waals surface area contributed by atoms with Gasteiger partial charge in [0.05, 0.1) is 5.56 Å². The topological polar surface area (TPSA) is 49.3 Å². The number of fused-ring (bicyclic) bond motifs is 2. The van der Waals surface area contributed by atoms with Crippen molar-refractivity contribution in [2.75, 3.05) is 0 Å². The summed E-state index contributed by atoms with van der Waals surface area (Å²) < 4.78 is 0. The zero-order chi connectivity index (χ0) is 12.7. The SMILES string of the molecule is CC(=O)c1cccc(C2C[C@H]3CC[C@@H](C2)N3)c1O. The first-order chi connectivity index (χ1) is 8.65. The highest BCUT2D eigenvalue weighted by Crippen LogP contribution is 2.41. The van der Waals surface area contributed by atoms with Gasteiger partial charge in [-0.05, 0) is 50.2 Å². The third-order valence-corrected chi connectivity index (χ3v) is 4.36. The summed E-state index contributed by atoms with van der Waals surface area (Å²) in [5.74, 6) is 0.533. The molecule has 2 bridgehead atoms. The van der Waals surface area contributed by atoms with Gasteiger partial charge < -0.3 is 10.4 Å². The lowest BCUT2D eigenvalue weighted by molar-refractivity contribution is 0.101. The average molecular weight is 245 g/mol. The van der Waals surface area contributed by atoms with E-state index in [9.17, 15) is 9.90 Å². The quantitative estimate of drug-likeness (QED) is 0.787. The van der Waals surface area contributed by atoms with Crippen LogP contribution >= 0.6 is 0 Å². The van der Waals surface area contributed by atoms with E-state index >= 15 is 0 Å². The van der Waals surface area contributed by atoms with Crippen LogP contribution in [0.5, 0.6) is 5.75 Å². The molecule has 18 heavy (non-hydrogen) atoms. The first kappa shape index (κ1) is 11.7. The average Bonchev–Trinajstić information content (AvgIpc) is 2.68. The molecule has 2 aliphatic heterocycles. The first-order valence-electron chi connectivity index (χ1n) is 6.74. The maximum atomic E-state index is 11.5. The molecule has 1 aromatic rings. The molecule has 2 fully saturated rings. The lowest BCUT2D eigenvalue weighted by Crippen LogP contribution is -2.37. The van der Waals surface area contributed by atoms with Gasteiger partial charge in [0.25, 0.3) is 0 Å². The lowest BCUT2D eigenvalue weighted by Gasteiger charge is -2.30. The number of phenolic OH excluding ortho intramolecular Hbond substituents is 1. The van der Waals surface area contributed by atoms with Gasteiger partial charge in [0, 0.05) is 12.1 Å². The summed E-state index contributed by atoms with van der Waals surface area (Å²) in [6.45, 7) is 1.50. The Hall–Kier alpha value is -1.35. The third kappa shape index (κ3) is 1.93. The first-order valence-corrected chi connectivity index (χ1v) is 6.74.